The molecule has 2 rings (SSSR count). The van der Waals surface area contributed by atoms with Crippen molar-refractivity contribution in [3.05, 3.63) is 35.9 Å². The van der Waals surface area contributed by atoms with Crippen molar-refractivity contribution in [3.63, 3.8) is 0 Å². The smallest absolute Gasteiger partial charge is 0.138 e. The summed E-state index contributed by atoms with van der Waals surface area (Å²) in [6.07, 6.45) is 3.81. The number of hydrogen-bond donors (Lipinski definition) is 0. The molecule has 0 heterocycles. The second kappa shape index (κ2) is 5.26. The Labute approximate surface area is 96.6 Å². The molecule has 1 fully saturated rings. The zero-order valence-electron chi connectivity index (χ0n) is 9.69. The van der Waals surface area contributed by atoms with E-state index in [9.17, 15) is 4.79 Å². The van der Waals surface area contributed by atoms with Crippen LogP contribution in [0, 0.1) is 5.92 Å². The quantitative estimate of drug-likeness (QED) is 0.779. The van der Waals surface area contributed by atoms with Crippen LogP contribution in [0.3, 0.4) is 0 Å². The fourth-order valence-electron chi connectivity index (χ4n) is 2.51. The van der Waals surface area contributed by atoms with Gasteiger partial charge in [-0.3, -0.25) is 4.79 Å². The van der Waals surface area contributed by atoms with E-state index in [2.05, 4.69) is 0 Å². The first-order valence-electron chi connectivity index (χ1n) is 5.93. The fourth-order valence-corrected chi connectivity index (χ4v) is 2.51. The van der Waals surface area contributed by atoms with Crippen LogP contribution in [-0.4, -0.2) is 12.9 Å². The lowest BCUT2D eigenvalue weighted by Crippen LogP contribution is -2.26. The maximum absolute atomic E-state index is 11.9. The van der Waals surface area contributed by atoms with Gasteiger partial charge in [-0.15, -0.1) is 0 Å². The van der Waals surface area contributed by atoms with Crippen molar-refractivity contribution >= 4 is 5.78 Å². The van der Waals surface area contributed by atoms with Gasteiger partial charge in [0.1, 0.15) is 5.78 Å². The standard InChI is InChI=1S/C14H18O2/c1-16-14(11-7-3-2-4-8-11)12-9-5-6-10-13(12)15/h2-4,7-8,12,14H,5-6,9-10H2,1H3/t12-,14+/m1/s1. The van der Waals surface area contributed by atoms with Gasteiger partial charge in [0.2, 0.25) is 0 Å². The first-order valence-corrected chi connectivity index (χ1v) is 5.93. The van der Waals surface area contributed by atoms with Crippen LogP contribution in [0.4, 0.5) is 0 Å². The van der Waals surface area contributed by atoms with Gasteiger partial charge in [0.05, 0.1) is 6.10 Å². The third-order valence-electron chi connectivity index (χ3n) is 3.35. The van der Waals surface area contributed by atoms with Gasteiger partial charge in [0.25, 0.3) is 0 Å². The predicted molar refractivity (Wildman–Crippen MR) is 63.2 cm³/mol. The van der Waals surface area contributed by atoms with E-state index in [0.29, 0.717) is 5.78 Å². The number of hydrogen-bond acceptors (Lipinski definition) is 2. The monoisotopic (exact) mass is 218 g/mol. The van der Waals surface area contributed by atoms with Gasteiger partial charge in [0.15, 0.2) is 0 Å². The van der Waals surface area contributed by atoms with Gasteiger partial charge in [-0.05, 0) is 18.4 Å². The molecular formula is C14H18O2. The van der Waals surface area contributed by atoms with E-state index in [0.717, 1.165) is 31.2 Å². The van der Waals surface area contributed by atoms with Crippen LogP contribution < -0.4 is 0 Å². The van der Waals surface area contributed by atoms with E-state index in [1.165, 1.54) is 0 Å². The van der Waals surface area contributed by atoms with Crippen LogP contribution >= 0.6 is 0 Å². The maximum atomic E-state index is 11.9. The summed E-state index contributed by atoms with van der Waals surface area (Å²) in [4.78, 5) is 11.9. The summed E-state index contributed by atoms with van der Waals surface area (Å²) in [5.41, 5.74) is 1.12. The van der Waals surface area contributed by atoms with Crippen LogP contribution in [0.2, 0.25) is 0 Å². The average Bonchev–Trinajstić information content (AvgIpc) is 2.34. The van der Waals surface area contributed by atoms with Crippen LogP contribution in [0.1, 0.15) is 37.4 Å². The van der Waals surface area contributed by atoms with E-state index in [1.807, 2.05) is 30.3 Å². The molecule has 1 saturated carbocycles. The van der Waals surface area contributed by atoms with Crippen LogP contribution in [0.25, 0.3) is 0 Å². The number of carbonyl (C=O) groups excluding carboxylic acids is 1. The number of methoxy groups -OCH3 is 1. The first-order chi connectivity index (χ1) is 7.83. The Morgan fingerprint density at radius 3 is 2.62 bits per heavy atom. The highest BCUT2D eigenvalue weighted by Crippen LogP contribution is 2.34. The van der Waals surface area contributed by atoms with E-state index < -0.39 is 0 Å². The topological polar surface area (TPSA) is 26.3 Å². The fraction of sp³-hybridized carbons (Fsp3) is 0.500. The maximum Gasteiger partial charge on any atom is 0.138 e. The number of rotatable bonds is 3. The zero-order chi connectivity index (χ0) is 11.4. The summed E-state index contributed by atoms with van der Waals surface area (Å²) >= 11 is 0. The highest BCUT2D eigenvalue weighted by molar-refractivity contribution is 5.82. The molecule has 2 atom stereocenters. The highest BCUT2D eigenvalue weighted by atomic mass is 16.5. The molecule has 1 aliphatic rings. The third-order valence-corrected chi connectivity index (χ3v) is 3.35. The lowest BCUT2D eigenvalue weighted by atomic mass is 9.81. The average molecular weight is 218 g/mol. The molecule has 2 heteroatoms. The summed E-state index contributed by atoms with van der Waals surface area (Å²) in [5, 5.41) is 0. The Morgan fingerprint density at radius 1 is 1.25 bits per heavy atom. The molecule has 0 aliphatic heterocycles. The van der Waals surface area contributed by atoms with E-state index in [1.54, 1.807) is 7.11 Å². The Kier molecular flexibility index (Phi) is 3.73. The first kappa shape index (κ1) is 11.3. The molecule has 0 saturated heterocycles. The summed E-state index contributed by atoms with van der Waals surface area (Å²) < 4.78 is 5.53. The Bertz CT molecular complexity index is 345. The van der Waals surface area contributed by atoms with Gasteiger partial charge < -0.3 is 4.74 Å². The second-order valence-electron chi connectivity index (χ2n) is 4.39. The molecule has 16 heavy (non-hydrogen) atoms. The van der Waals surface area contributed by atoms with E-state index in [-0.39, 0.29) is 12.0 Å². The molecule has 2 nitrogen and oxygen atoms in total. The van der Waals surface area contributed by atoms with Crippen LogP contribution in [0.15, 0.2) is 30.3 Å². The van der Waals surface area contributed by atoms with Crippen molar-refractivity contribution in [3.8, 4) is 0 Å². The Morgan fingerprint density at radius 2 is 2.00 bits per heavy atom. The minimum Gasteiger partial charge on any atom is -0.376 e. The number of carbonyl (C=O) groups is 1. The molecule has 1 aromatic carbocycles. The van der Waals surface area contributed by atoms with Crippen molar-refractivity contribution in [2.75, 3.05) is 7.11 Å². The van der Waals surface area contributed by atoms with Crippen molar-refractivity contribution in [1.29, 1.82) is 0 Å². The van der Waals surface area contributed by atoms with Crippen LogP contribution in [0.5, 0.6) is 0 Å². The third kappa shape index (κ3) is 2.33. The Hall–Kier alpha value is -1.15. The number of benzene rings is 1. The minimum absolute atomic E-state index is 0.0566. The lowest BCUT2D eigenvalue weighted by Gasteiger charge is -2.28. The number of ether oxygens (including phenoxy) is 1. The normalized spacial score (nSPS) is 23.1. The van der Waals surface area contributed by atoms with Crippen molar-refractivity contribution < 1.29 is 9.53 Å². The second-order valence-corrected chi connectivity index (χ2v) is 4.39. The molecule has 0 unspecified atom stereocenters. The zero-order valence-corrected chi connectivity index (χ0v) is 9.69. The Balaban J connectivity index is 2.18. The minimum atomic E-state index is -0.0611. The molecule has 1 aromatic rings. The molecule has 0 radical (unpaired) electrons. The van der Waals surface area contributed by atoms with E-state index >= 15 is 0 Å². The molecule has 0 bridgehead atoms. The van der Waals surface area contributed by atoms with Gasteiger partial charge in [-0.1, -0.05) is 36.8 Å². The van der Waals surface area contributed by atoms with Crippen molar-refractivity contribution in [2.24, 2.45) is 5.92 Å². The van der Waals surface area contributed by atoms with Gasteiger partial charge in [-0.2, -0.15) is 0 Å². The molecule has 0 aromatic heterocycles. The molecule has 0 spiro atoms. The lowest BCUT2D eigenvalue weighted by molar-refractivity contribution is -0.129. The van der Waals surface area contributed by atoms with Crippen LogP contribution in [-0.2, 0) is 9.53 Å². The largest absolute Gasteiger partial charge is 0.376 e. The van der Waals surface area contributed by atoms with E-state index in [4.69, 9.17) is 4.74 Å². The molecule has 0 N–H and O–H groups in total. The summed E-state index contributed by atoms with van der Waals surface area (Å²) in [6, 6.07) is 10.0. The molecule has 0 amide bonds. The molecular weight excluding hydrogens is 200 g/mol. The SMILES string of the molecule is CO[C@@H](c1ccccc1)[C@@H]1CCCCC1=O. The predicted octanol–water partition coefficient (Wildman–Crippen LogP) is 3.13. The number of Topliss-reactive ketones (excluding diaryl/α,β-unsaturated/α-hetero) is 1. The number of ketones is 1. The molecule has 1 aliphatic carbocycles. The van der Waals surface area contributed by atoms with Gasteiger partial charge in [-0.25, -0.2) is 0 Å². The summed E-state index contributed by atoms with van der Waals surface area (Å²) in [6.45, 7) is 0. The highest BCUT2D eigenvalue weighted by Gasteiger charge is 2.31. The molecule has 86 valence electrons. The van der Waals surface area contributed by atoms with Gasteiger partial charge >= 0.3 is 0 Å². The van der Waals surface area contributed by atoms with Gasteiger partial charge in [0, 0.05) is 19.4 Å². The summed E-state index contributed by atoms with van der Waals surface area (Å²) in [7, 11) is 1.69. The van der Waals surface area contributed by atoms with Crippen molar-refractivity contribution in [2.45, 2.75) is 31.8 Å². The summed E-state index contributed by atoms with van der Waals surface area (Å²) in [5.74, 6) is 0.420. The van der Waals surface area contributed by atoms with Crippen molar-refractivity contribution in [1.82, 2.24) is 0 Å².